The highest BCUT2D eigenvalue weighted by Gasteiger charge is 2.24. The number of nitrogens with one attached hydrogen (secondary N) is 1. The maximum atomic E-state index is 13.2. The van der Waals surface area contributed by atoms with Crippen molar-refractivity contribution in [2.45, 2.75) is 13.8 Å². The summed E-state index contributed by atoms with van der Waals surface area (Å²) in [4.78, 5) is 26.0. The van der Waals surface area contributed by atoms with Crippen LogP contribution in [0.25, 0.3) is 22.0 Å². The molecule has 2 aromatic heterocycles. The standard InChI is InChI=1S/C25H24N2O4S/c1-5-31-25(29)22-18(16-11-9-15(2)10-12-16)14-32-24(22)26-23(28)20-13-17-19(27(20)3)7-6-8-21(17)30-4/h6-14H,5H2,1-4H3,(H,26,28). The number of fused-ring (bicyclic) bond motifs is 1. The molecule has 0 atom stereocenters. The topological polar surface area (TPSA) is 69.6 Å². The molecule has 6 nitrogen and oxygen atoms in total. The first-order valence-corrected chi connectivity index (χ1v) is 11.1. The summed E-state index contributed by atoms with van der Waals surface area (Å²) >= 11 is 1.31. The Kier molecular flexibility index (Phi) is 6.01. The van der Waals surface area contributed by atoms with Gasteiger partial charge < -0.3 is 19.4 Å². The van der Waals surface area contributed by atoms with Gasteiger partial charge in [0.1, 0.15) is 22.0 Å². The number of esters is 1. The van der Waals surface area contributed by atoms with Crippen molar-refractivity contribution in [2.24, 2.45) is 7.05 Å². The van der Waals surface area contributed by atoms with Crippen LogP contribution in [0.2, 0.25) is 0 Å². The number of thiophene rings is 1. The zero-order chi connectivity index (χ0) is 22.8. The van der Waals surface area contributed by atoms with Crippen molar-refractivity contribution in [3.63, 3.8) is 0 Å². The number of methoxy groups -OCH3 is 1. The van der Waals surface area contributed by atoms with E-state index in [2.05, 4.69) is 5.32 Å². The molecule has 2 heterocycles. The molecule has 32 heavy (non-hydrogen) atoms. The number of ether oxygens (including phenoxy) is 2. The van der Waals surface area contributed by atoms with E-state index in [0.717, 1.165) is 27.6 Å². The zero-order valence-corrected chi connectivity index (χ0v) is 19.2. The molecular weight excluding hydrogens is 424 g/mol. The molecule has 4 aromatic rings. The summed E-state index contributed by atoms with van der Waals surface area (Å²) in [6.07, 6.45) is 0. The number of rotatable bonds is 6. The molecule has 0 fully saturated rings. The van der Waals surface area contributed by atoms with Crippen LogP contribution in [0.5, 0.6) is 5.75 Å². The summed E-state index contributed by atoms with van der Waals surface area (Å²) in [6.45, 7) is 4.02. The molecule has 0 saturated heterocycles. The number of hydrogen-bond donors (Lipinski definition) is 1. The van der Waals surface area contributed by atoms with Crippen LogP contribution in [-0.4, -0.2) is 30.2 Å². The first-order chi connectivity index (χ1) is 15.4. The number of anilines is 1. The van der Waals surface area contributed by atoms with Crippen LogP contribution in [0.15, 0.2) is 53.9 Å². The molecule has 4 rings (SSSR count). The summed E-state index contributed by atoms with van der Waals surface area (Å²) in [5.41, 5.74) is 4.47. The lowest BCUT2D eigenvalue weighted by Gasteiger charge is -2.09. The highest BCUT2D eigenvalue weighted by atomic mass is 32.1. The number of carbonyl (C=O) groups is 2. The molecule has 7 heteroatoms. The molecule has 0 saturated carbocycles. The minimum Gasteiger partial charge on any atom is -0.496 e. The van der Waals surface area contributed by atoms with Crippen molar-refractivity contribution in [2.75, 3.05) is 19.0 Å². The molecule has 164 valence electrons. The second-order valence-corrected chi connectivity index (χ2v) is 8.26. The fourth-order valence-corrected chi connectivity index (χ4v) is 4.65. The van der Waals surface area contributed by atoms with Gasteiger partial charge in [-0.05, 0) is 37.6 Å². The number of carbonyl (C=O) groups excluding carboxylic acids is 2. The van der Waals surface area contributed by atoms with Crippen molar-refractivity contribution in [1.29, 1.82) is 0 Å². The normalized spacial score (nSPS) is 10.9. The molecule has 0 aliphatic rings. The molecule has 1 amide bonds. The van der Waals surface area contributed by atoms with Crippen LogP contribution in [0.4, 0.5) is 5.00 Å². The highest BCUT2D eigenvalue weighted by molar-refractivity contribution is 7.15. The summed E-state index contributed by atoms with van der Waals surface area (Å²) in [5, 5.41) is 6.10. The van der Waals surface area contributed by atoms with Gasteiger partial charge in [-0.1, -0.05) is 35.9 Å². The van der Waals surface area contributed by atoms with E-state index >= 15 is 0 Å². The number of benzene rings is 2. The van der Waals surface area contributed by atoms with E-state index in [1.807, 2.05) is 66.4 Å². The second-order valence-electron chi connectivity index (χ2n) is 7.38. The Balaban J connectivity index is 1.73. The van der Waals surface area contributed by atoms with Crippen LogP contribution >= 0.6 is 11.3 Å². The average molecular weight is 449 g/mol. The third-order valence-electron chi connectivity index (χ3n) is 5.36. The number of nitrogens with zero attached hydrogens (tertiary/aromatic N) is 1. The van der Waals surface area contributed by atoms with Crippen molar-refractivity contribution in [1.82, 2.24) is 4.57 Å². The van der Waals surface area contributed by atoms with Gasteiger partial charge in [0, 0.05) is 23.4 Å². The largest absolute Gasteiger partial charge is 0.496 e. The number of aromatic nitrogens is 1. The monoisotopic (exact) mass is 448 g/mol. The second kappa shape index (κ2) is 8.88. The van der Waals surface area contributed by atoms with Crippen molar-refractivity contribution in [3.05, 3.63) is 70.7 Å². The Morgan fingerprint density at radius 1 is 1.12 bits per heavy atom. The molecule has 0 bridgehead atoms. The van der Waals surface area contributed by atoms with Gasteiger partial charge in [-0.15, -0.1) is 11.3 Å². The SMILES string of the molecule is CCOC(=O)c1c(-c2ccc(C)cc2)csc1NC(=O)c1cc2c(OC)cccc2n1C. The van der Waals surface area contributed by atoms with Gasteiger partial charge in [0.25, 0.3) is 5.91 Å². The summed E-state index contributed by atoms with van der Waals surface area (Å²) < 4.78 is 12.5. The first kappa shape index (κ1) is 21.6. The van der Waals surface area contributed by atoms with Gasteiger partial charge in [-0.3, -0.25) is 4.79 Å². The summed E-state index contributed by atoms with van der Waals surface area (Å²) in [6, 6.07) is 15.4. The maximum absolute atomic E-state index is 13.2. The quantitative estimate of drug-likeness (QED) is 0.387. The van der Waals surface area contributed by atoms with E-state index in [1.54, 1.807) is 20.1 Å². The molecule has 0 spiro atoms. The highest BCUT2D eigenvalue weighted by Crippen LogP contribution is 2.37. The Morgan fingerprint density at radius 3 is 2.56 bits per heavy atom. The Labute approximate surface area is 190 Å². The predicted octanol–water partition coefficient (Wildman–Crippen LogP) is 5.65. The minimum absolute atomic E-state index is 0.248. The fraction of sp³-hybridized carbons (Fsp3) is 0.200. The van der Waals surface area contributed by atoms with Crippen LogP contribution in [0.3, 0.4) is 0 Å². The lowest BCUT2D eigenvalue weighted by molar-refractivity contribution is 0.0529. The molecule has 1 N–H and O–H groups in total. The van der Waals surface area contributed by atoms with Gasteiger partial charge in [0.05, 0.1) is 19.2 Å². The Bertz CT molecular complexity index is 1300. The van der Waals surface area contributed by atoms with Crippen LogP contribution in [0, 0.1) is 6.92 Å². The first-order valence-electron chi connectivity index (χ1n) is 10.2. The lowest BCUT2D eigenvalue weighted by atomic mass is 10.0. The fourth-order valence-electron chi connectivity index (χ4n) is 3.70. The smallest absolute Gasteiger partial charge is 0.341 e. The zero-order valence-electron chi connectivity index (χ0n) is 18.4. The minimum atomic E-state index is -0.460. The van der Waals surface area contributed by atoms with Gasteiger partial charge in [-0.25, -0.2) is 4.79 Å². The van der Waals surface area contributed by atoms with E-state index in [0.29, 0.717) is 22.0 Å². The molecule has 0 aliphatic heterocycles. The third-order valence-corrected chi connectivity index (χ3v) is 6.26. The average Bonchev–Trinajstić information content (AvgIpc) is 3.35. The molecule has 0 aliphatic carbocycles. The molecule has 0 radical (unpaired) electrons. The Morgan fingerprint density at radius 2 is 1.88 bits per heavy atom. The Hall–Kier alpha value is -3.58. The van der Waals surface area contributed by atoms with E-state index in [-0.39, 0.29) is 12.5 Å². The molecular formula is C25H24N2O4S. The summed E-state index contributed by atoms with van der Waals surface area (Å²) in [7, 11) is 3.43. The van der Waals surface area contributed by atoms with E-state index in [1.165, 1.54) is 11.3 Å². The van der Waals surface area contributed by atoms with Crippen molar-refractivity contribution in [3.8, 4) is 16.9 Å². The molecule has 2 aromatic carbocycles. The van der Waals surface area contributed by atoms with E-state index < -0.39 is 5.97 Å². The predicted molar refractivity (Wildman–Crippen MR) is 128 cm³/mol. The number of aryl methyl sites for hydroxylation is 2. The van der Waals surface area contributed by atoms with Crippen LogP contribution in [0.1, 0.15) is 33.3 Å². The third kappa shape index (κ3) is 3.87. The summed E-state index contributed by atoms with van der Waals surface area (Å²) in [5.74, 6) is -0.0749. The van der Waals surface area contributed by atoms with Crippen LogP contribution < -0.4 is 10.1 Å². The van der Waals surface area contributed by atoms with Crippen molar-refractivity contribution >= 4 is 39.1 Å². The van der Waals surface area contributed by atoms with E-state index in [4.69, 9.17) is 9.47 Å². The van der Waals surface area contributed by atoms with Gasteiger partial charge in [0.2, 0.25) is 0 Å². The van der Waals surface area contributed by atoms with Crippen LogP contribution in [-0.2, 0) is 11.8 Å². The lowest BCUT2D eigenvalue weighted by Crippen LogP contribution is -2.17. The van der Waals surface area contributed by atoms with Gasteiger partial charge >= 0.3 is 5.97 Å². The number of amides is 1. The van der Waals surface area contributed by atoms with Crippen molar-refractivity contribution < 1.29 is 19.1 Å². The number of hydrogen-bond acceptors (Lipinski definition) is 5. The maximum Gasteiger partial charge on any atom is 0.341 e. The molecule has 0 unspecified atom stereocenters. The van der Waals surface area contributed by atoms with Gasteiger partial charge in [0.15, 0.2) is 0 Å². The van der Waals surface area contributed by atoms with Gasteiger partial charge in [-0.2, -0.15) is 0 Å². The van der Waals surface area contributed by atoms with E-state index in [9.17, 15) is 9.59 Å².